The monoisotopic (exact) mass is 342 g/mol. The molecule has 0 saturated heterocycles. The summed E-state index contributed by atoms with van der Waals surface area (Å²) < 4.78 is 5.43. The van der Waals surface area contributed by atoms with Gasteiger partial charge in [-0.3, -0.25) is 4.79 Å². The smallest absolute Gasteiger partial charge is 0.223 e. The molecule has 2 atom stereocenters. The standard InChI is InChI=1S/C20H26N2O3/c1-22(2)17(16-11-7-8-12-19(16)25-3)14-21-20(24)13-18(23)15-9-5-4-6-10-15/h4-12,17-18,23H,13-14H2,1-3H3,(H,21,24). The lowest BCUT2D eigenvalue weighted by molar-refractivity contribution is -0.123. The summed E-state index contributed by atoms with van der Waals surface area (Å²) in [5.41, 5.74) is 1.76. The average Bonchev–Trinajstić information content (AvgIpc) is 2.62. The van der Waals surface area contributed by atoms with E-state index in [2.05, 4.69) is 5.32 Å². The third kappa shape index (κ3) is 5.31. The van der Waals surface area contributed by atoms with Crippen molar-refractivity contribution < 1.29 is 14.6 Å². The van der Waals surface area contributed by atoms with Crippen LogP contribution >= 0.6 is 0 Å². The lowest BCUT2D eigenvalue weighted by Gasteiger charge is -2.26. The van der Waals surface area contributed by atoms with Gasteiger partial charge in [0.15, 0.2) is 0 Å². The largest absolute Gasteiger partial charge is 0.496 e. The number of para-hydroxylation sites is 1. The van der Waals surface area contributed by atoms with Crippen LogP contribution in [0.3, 0.4) is 0 Å². The minimum absolute atomic E-state index is 0.0195. The highest BCUT2D eigenvalue weighted by Crippen LogP contribution is 2.27. The van der Waals surface area contributed by atoms with E-state index in [1.165, 1.54) is 0 Å². The van der Waals surface area contributed by atoms with Gasteiger partial charge in [-0.15, -0.1) is 0 Å². The zero-order valence-corrected chi connectivity index (χ0v) is 15.0. The van der Waals surface area contributed by atoms with Crippen LogP contribution in [0, 0.1) is 0 Å². The third-order valence-corrected chi connectivity index (χ3v) is 4.18. The number of aliphatic hydroxyl groups excluding tert-OH is 1. The summed E-state index contributed by atoms with van der Waals surface area (Å²) in [6, 6.07) is 17.0. The fourth-order valence-electron chi connectivity index (χ4n) is 2.76. The van der Waals surface area contributed by atoms with E-state index in [4.69, 9.17) is 4.74 Å². The van der Waals surface area contributed by atoms with E-state index in [1.807, 2.05) is 73.6 Å². The van der Waals surface area contributed by atoms with Crippen molar-refractivity contribution in [2.75, 3.05) is 27.7 Å². The first-order valence-corrected chi connectivity index (χ1v) is 8.32. The normalized spacial score (nSPS) is 13.3. The second-order valence-electron chi connectivity index (χ2n) is 6.16. The van der Waals surface area contributed by atoms with Crippen molar-refractivity contribution in [2.24, 2.45) is 0 Å². The first-order valence-electron chi connectivity index (χ1n) is 8.32. The maximum Gasteiger partial charge on any atom is 0.223 e. The van der Waals surface area contributed by atoms with Gasteiger partial charge in [0.05, 0.1) is 25.7 Å². The molecule has 0 radical (unpaired) electrons. The van der Waals surface area contributed by atoms with Crippen molar-refractivity contribution in [1.82, 2.24) is 10.2 Å². The summed E-state index contributed by atoms with van der Waals surface area (Å²) in [4.78, 5) is 14.3. The van der Waals surface area contributed by atoms with Gasteiger partial charge in [0.25, 0.3) is 0 Å². The summed E-state index contributed by atoms with van der Waals surface area (Å²) in [6.07, 6.45) is -0.763. The van der Waals surface area contributed by atoms with Gasteiger partial charge >= 0.3 is 0 Å². The van der Waals surface area contributed by atoms with Crippen LogP contribution in [0.15, 0.2) is 54.6 Å². The summed E-state index contributed by atoms with van der Waals surface area (Å²) in [6.45, 7) is 0.438. The molecule has 1 amide bonds. The number of benzene rings is 2. The van der Waals surface area contributed by atoms with Crippen molar-refractivity contribution in [2.45, 2.75) is 18.6 Å². The predicted molar refractivity (Wildman–Crippen MR) is 98.5 cm³/mol. The first-order chi connectivity index (χ1) is 12.0. The minimum atomic E-state index is -0.801. The van der Waals surface area contributed by atoms with E-state index in [9.17, 15) is 9.90 Å². The van der Waals surface area contributed by atoms with Crippen LogP contribution in [0.1, 0.15) is 29.7 Å². The van der Waals surface area contributed by atoms with Crippen LogP contribution < -0.4 is 10.1 Å². The quantitative estimate of drug-likeness (QED) is 0.774. The second kappa shape index (κ2) is 9.20. The van der Waals surface area contributed by atoms with Crippen molar-refractivity contribution in [3.8, 4) is 5.75 Å². The van der Waals surface area contributed by atoms with Crippen LogP contribution in [0.4, 0.5) is 0 Å². The molecule has 2 aromatic carbocycles. The molecule has 0 aliphatic carbocycles. The van der Waals surface area contributed by atoms with Crippen molar-refractivity contribution >= 4 is 5.91 Å². The fourth-order valence-corrected chi connectivity index (χ4v) is 2.76. The number of nitrogens with one attached hydrogen (secondary N) is 1. The highest BCUT2D eigenvalue weighted by molar-refractivity contribution is 5.76. The Morgan fingerprint density at radius 1 is 1.12 bits per heavy atom. The molecule has 0 saturated carbocycles. The Bertz CT molecular complexity index is 674. The van der Waals surface area contributed by atoms with Gasteiger partial charge in [0.2, 0.25) is 5.91 Å². The van der Waals surface area contributed by atoms with Crippen LogP contribution in [0.25, 0.3) is 0 Å². The number of carbonyl (C=O) groups is 1. The number of hydrogen-bond acceptors (Lipinski definition) is 4. The number of hydrogen-bond donors (Lipinski definition) is 2. The number of nitrogens with zero attached hydrogens (tertiary/aromatic N) is 1. The molecule has 2 N–H and O–H groups in total. The number of likely N-dealkylation sites (N-methyl/N-ethyl adjacent to an activating group) is 1. The molecule has 0 spiro atoms. The number of ether oxygens (including phenoxy) is 1. The molecule has 2 unspecified atom stereocenters. The Kier molecular flexibility index (Phi) is 6.98. The van der Waals surface area contributed by atoms with Gasteiger partial charge in [-0.05, 0) is 25.7 Å². The van der Waals surface area contributed by atoms with E-state index in [-0.39, 0.29) is 18.4 Å². The third-order valence-electron chi connectivity index (χ3n) is 4.18. The first kappa shape index (κ1) is 19.0. The van der Waals surface area contributed by atoms with Gasteiger partial charge in [-0.1, -0.05) is 48.5 Å². The number of rotatable bonds is 8. The zero-order chi connectivity index (χ0) is 18.2. The zero-order valence-electron chi connectivity index (χ0n) is 15.0. The SMILES string of the molecule is COc1ccccc1C(CNC(=O)CC(O)c1ccccc1)N(C)C. The van der Waals surface area contributed by atoms with Crippen LogP contribution in [0.5, 0.6) is 5.75 Å². The molecule has 0 aliphatic rings. The summed E-state index contributed by atoms with van der Waals surface area (Å²) >= 11 is 0. The van der Waals surface area contributed by atoms with Crippen LogP contribution in [0.2, 0.25) is 0 Å². The lowest BCUT2D eigenvalue weighted by atomic mass is 10.0. The molecular formula is C20H26N2O3. The molecule has 5 nitrogen and oxygen atoms in total. The molecule has 0 bridgehead atoms. The molecule has 134 valence electrons. The highest BCUT2D eigenvalue weighted by atomic mass is 16.5. The van der Waals surface area contributed by atoms with Gasteiger partial charge in [0.1, 0.15) is 5.75 Å². The topological polar surface area (TPSA) is 61.8 Å². The Balaban J connectivity index is 1.98. The highest BCUT2D eigenvalue weighted by Gasteiger charge is 2.20. The number of methoxy groups -OCH3 is 1. The fraction of sp³-hybridized carbons (Fsp3) is 0.350. The minimum Gasteiger partial charge on any atom is -0.496 e. The molecule has 5 heteroatoms. The maximum atomic E-state index is 12.2. The van der Waals surface area contributed by atoms with Gasteiger partial charge in [0, 0.05) is 12.1 Å². The van der Waals surface area contributed by atoms with Crippen LogP contribution in [-0.2, 0) is 4.79 Å². The van der Waals surface area contributed by atoms with E-state index in [0.29, 0.717) is 6.54 Å². The summed E-state index contributed by atoms with van der Waals surface area (Å²) in [5.74, 6) is 0.609. The molecule has 0 aromatic heterocycles. The molecule has 25 heavy (non-hydrogen) atoms. The van der Waals surface area contributed by atoms with Gasteiger partial charge in [-0.25, -0.2) is 0 Å². The molecular weight excluding hydrogens is 316 g/mol. The van der Waals surface area contributed by atoms with Gasteiger partial charge in [-0.2, -0.15) is 0 Å². The van der Waals surface area contributed by atoms with Crippen molar-refractivity contribution in [1.29, 1.82) is 0 Å². The van der Waals surface area contributed by atoms with Crippen molar-refractivity contribution in [3.63, 3.8) is 0 Å². The molecule has 0 heterocycles. The van der Waals surface area contributed by atoms with Gasteiger partial charge < -0.3 is 20.1 Å². The number of amides is 1. The second-order valence-corrected chi connectivity index (χ2v) is 6.16. The lowest BCUT2D eigenvalue weighted by Crippen LogP contribution is -2.35. The predicted octanol–water partition coefficient (Wildman–Crippen LogP) is 2.54. The molecule has 2 aromatic rings. The molecule has 0 aliphatic heterocycles. The summed E-state index contributed by atoms with van der Waals surface area (Å²) in [7, 11) is 5.56. The van der Waals surface area contributed by atoms with E-state index >= 15 is 0 Å². The Labute approximate surface area is 149 Å². The Morgan fingerprint density at radius 3 is 2.40 bits per heavy atom. The van der Waals surface area contributed by atoms with Crippen LogP contribution in [-0.4, -0.2) is 43.7 Å². The number of aliphatic hydroxyl groups is 1. The number of carbonyl (C=O) groups excluding carboxylic acids is 1. The molecule has 0 fully saturated rings. The Morgan fingerprint density at radius 2 is 1.76 bits per heavy atom. The molecule has 2 rings (SSSR count). The van der Waals surface area contributed by atoms with E-state index in [0.717, 1.165) is 16.9 Å². The van der Waals surface area contributed by atoms with Crippen molar-refractivity contribution in [3.05, 3.63) is 65.7 Å². The summed E-state index contributed by atoms with van der Waals surface area (Å²) in [5, 5.41) is 13.1. The van der Waals surface area contributed by atoms with E-state index < -0.39 is 6.10 Å². The van der Waals surface area contributed by atoms with E-state index in [1.54, 1.807) is 7.11 Å². The Hall–Kier alpha value is -2.37. The maximum absolute atomic E-state index is 12.2. The average molecular weight is 342 g/mol.